The standard InChI is InChI=1S/C90H69F3N3O10P/c1-101-79-43-40-70-82(76(97)52-73(94-70)64-37-34-61(46-55-22-10-4-11-23-55)85(91)67(64)49-58-28-16-7-17-29-58)88(79)104-107(100,105-89-80(102-2)44-41-71-83(89)77(98)53-74(95-71)65-38-35-62(47-56-24-12-5-13-25-56)86(92)68(65)50-59-30-18-8-19-31-59)106-90-81(103-3)45-42-72-84(90)78(99)54-75(96-72)66-39-36-63(48-57-26-14-6-15-27-57)87(93)69(66)51-60-32-20-9-21-33-60/h4-45,52-54H,46-51H2,1-3H3,(H,94,97)(H,95,98)(H,96,99). The molecule has 530 valence electrons. The molecule has 3 heterocycles. The van der Waals surface area contributed by atoms with Crippen LogP contribution in [0.3, 0.4) is 0 Å². The summed E-state index contributed by atoms with van der Waals surface area (Å²) in [7, 11) is -1.79. The number of phosphoric ester groups is 1. The normalized spacial score (nSPS) is 11.5. The number of hydrogen-bond acceptors (Lipinski definition) is 10. The smallest absolute Gasteiger partial charge is 0.493 e. The second-order valence-corrected chi connectivity index (χ2v) is 27.5. The van der Waals surface area contributed by atoms with Crippen LogP contribution >= 0.6 is 7.82 Å². The topological polar surface area (TPSA) is 171 Å². The Morgan fingerprint density at radius 2 is 0.533 bits per heavy atom. The van der Waals surface area contributed by atoms with Gasteiger partial charge in [-0.2, -0.15) is 4.57 Å². The molecule has 13 nitrogen and oxygen atoms in total. The SMILES string of the molecule is COc1ccc2[nH]c(-c3ccc(Cc4ccccc4)c(F)c3Cc3ccccc3)cc(=O)c2c1OP(=O)(Oc1c(OC)ccc2[nH]c(-c3ccc(Cc4ccccc4)c(F)c3Cc3ccccc3)cc(=O)c12)Oc1c(OC)ccc2[nH]c(-c3ccc(Cc4ccccc4)c(F)c3Cc3ccccc3)cc(=O)c12. The van der Waals surface area contributed by atoms with Crippen molar-refractivity contribution in [2.24, 2.45) is 0 Å². The van der Waals surface area contributed by atoms with Crippen LogP contribution in [0.1, 0.15) is 66.8 Å². The predicted molar refractivity (Wildman–Crippen MR) is 415 cm³/mol. The molecule has 0 saturated heterocycles. The van der Waals surface area contributed by atoms with Crippen LogP contribution in [-0.2, 0) is 43.1 Å². The molecule has 12 aromatic carbocycles. The van der Waals surface area contributed by atoms with Gasteiger partial charge in [-0.1, -0.05) is 218 Å². The first kappa shape index (κ1) is 69.8. The van der Waals surface area contributed by atoms with E-state index in [0.717, 1.165) is 33.4 Å². The highest BCUT2D eigenvalue weighted by molar-refractivity contribution is 7.49. The molecule has 15 rings (SSSR count). The van der Waals surface area contributed by atoms with Gasteiger partial charge in [-0.3, -0.25) is 14.4 Å². The van der Waals surface area contributed by atoms with Gasteiger partial charge in [0.15, 0.2) is 50.8 Å². The van der Waals surface area contributed by atoms with E-state index in [1.54, 1.807) is 54.6 Å². The largest absolute Gasteiger partial charge is 0.647 e. The van der Waals surface area contributed by atoms with E-state index >= 15 is 32.1 Å². The molecule has 0 atom stereocenters. The number of ether oxygens (including phenoxy) is 3. The average Bonchev–Trinajstić information content (AvgIpc) is 0.750. The fraction of sp³-hybridized carbons (Fsp3) is 0.100. The summed E-state index contributed by atoms with van der Waals surface area (Å²) in [5.41, 5.74) is 7.55. The summed E-state index contributed by atoms with van der Waals surface area (Å²) < 4.78 is 107. The van der Waals surface area contributed by atoms with Crippen molar-refractivity contribution >= 4 is 40.5 Å². The van der Waals surface area contributed by atoms with E-state index in [2.05, 4.69) is 15.0 Å². The molecule has 3 N–H and O–H groups in total. The second kappa shape index (κ2) is 30.4. The third-order valence-corrected chi connectivity index (χ3v) is 20.4. The van der Waals surface area contributed by atoms with Gasteiger partial charge >= 0.3 is 7.82 Å². The van der Waals surface area contributed by atoms with Crippen LogP contribution in [0, 0.1) is 17.5 Å². The Kier molecular flexibility index (Phi) is 19.8. The maximum Gasteiger partial charge on any atom is 0.647 e. The molecule has 17 heteroatoms. The number of phosphoric acid groups is 1. The molecule has 3 aromatic heterocycles. The fourth-order valence-corrected chi connectivity index (χ4v) is 15.3. The van der Waals surface area contributed by atoms with Crippen LogP contribution < -0.4 is 44.1 Å². The van der Waals surface area contributed by atoms with E-state index in [1.165, 1.54) is 57.7 Å². The van der Waals surface area contributed by atoms with Crippen molar-refractivity contribution in [2.45, 2.75) is 38.5 Å². The van der Waals surface area contributed by atoms with Crippen molar-refractivity contribution < 1.29 is 45.5 Å². The molecule has 0 radical (unpaired) electrons. The molecule has 0 aliphatic rings. The second-order valence-electron chi connectivity index (χ2n) is 26.1. The van der Waals surface area contributed by atoms with E-state index in [-0.39, 0.29) is 86.3 Å². The number of fused-ring (bicyclic) bond motifs is 3. The molecule has 0 unspecified atom stereocenters. The number of rotatable bonds is 24. The number of halogens is 3. The molecular weight excluding hydrogens is 1370 g/mol. The van der Waals surface area contributed by atoms with E-state index in [0.29, 0.717) is 69.3 Å². The van der Waals surface area contributed by atoms with Crippen LogP contribution in [0.15, 0.2) is 287 Å². The number of nitrogens with one attached hydrogen (secondary N) is 3. The van der Waals surface area contributed by atoms with Gasteiger partial charge in [0.25, 0.3) is 0 Å². The van der Waals surface area contributed by atoms with E-state index in [4.69, 9.17) is 27.8 Å². The summed E-state index contributed by atoms with van der Waals surface area (Å²) in [5.74, 6) is -3.23. The molecule has 0 spiro atoms. The lowest BCUT2D eigenvalue weighted by molar-refractivity contribution is 0.282. The van der Waals surface area contributed by atoms with Gasteiger partial charge in [0.05, 0.1) is 71.1 Å². The van der Waals surface area contributed by atoms with Gasteiger partial charge in [-0.05, 0) is 86.5 Å². The first-order chi connectivity index (χ1) is 52.2. The minimum atomic E-state index is -5.70. The zero-order valence-corrected chi connectivity index (χ0v) is 59.3. The van der Waals surface area contributed by atoms with Crippen LogP contribution in [0.25, 0.3) is 66.5 Å². The number of pyridine rings is 3. The number of aromatic nitrogens is 3. The summed E-state index contributed by atoms with van der Waals surface area (Å²) in [6, 6.07) is 80.1. The number of hydrogen-bond donors (Lipinski definition) is 3. The molecule has 0 saturated carbocycles. The van der Waals surface area contributed by atoms with Crippen LogP contribution in [0.5, 0.6) is 34.5 Å². The van der Waals surface area contributed by atoms with Crippen molar-refractivity contribution in [1.29, 1.82) is 0 Å². The van der Waals surface area contributed by atoms with Crippen molar-refractivity contribution in [3.8, 4) is 68.3 Å². The zero-order chi connectivity index (χ0) is 73.7. The first-order valence-corrected chi connectivity index (χ1v) is 36.2. The van der Waals surface area contributed by atoms with Crippen LogP contribution in [0.4, 0.5) is 13.2 Å². The lowest BCUT2D eigenvalue weighted by Crippen LogP contribution is -2.15. The third kappa shape index (κ3) is 14.6. The molecule has 0 aliphatic heterocycles. The van der Waals surface area contributed by atoms with E-state index < -0.39 is 58.8 Å². The number of benzene rings is 12. The third-order valence-electron chi connectivity index (χ3n) is 19.2. The zero-order valence-electron chi connectivity index (χ0n) is 58.4. The van der Waals surface area contributed by atoms with Gasteiger partial charge in [0.2, 0.25) is 0 Å². The Morgan fingerprint density at radius 1 is 0.299 bits per heavy atom. The number of methoxy groups -OCH3 is 3. The molecule has 0 bridgehead atoms. The predicted octanol–water partition coefficient (Wildman–Crippen LogP) is 19.8. The Balaban J connectivity index is 0.890. The summed E-state index contributed by atoms with van der Waals surface area (Å²) in [6.07, 6.45) is 1.39. The van der Waals surface area contributed by atoms with E-state index in [9.17, 15) is 0 Å². The van der Waals surface area contributed by atoms with Crippen molar-refractivity contribution in [2.75, 3.05) is 21.3 Å². The van der Waals surface area contributed by atoms with Crippen molar-refractivity contribution in [1.82, 2.24) is 15.0 Å². The van der Waals surface area contributed by atoms with E-state index in [1.807, 2.05) is 182 Å². The summed E-state index contributed by atoms with van der Waals surface area (Å²) in [5, 5.41) is -0.687. The Labute approximate surface area is 613 Å². The van der Waals surface area contributed by atoms with Gasteiger partial charge in [-0.15, -0.1) is 0 Å². The number of H-pyrrole nitrogens is 3. The minimum absolute atomic E-state index is 0.111. The summed E-state index contributed by atoms with van der Waals surface area (Å²) >= 11 is 0. The molecule has 15 aromatic rings. The average molecular weight is 1440 g/mol. The monoisotopic (exact) mass is 1440 g/mol. The van der Waals surface area contributed by atoms with Gasteiger partial charge in [0, 0.05) is 90.1 Å². The lowest BCUT2D eigenvalue weighted by Gasteiger charge is -2.24. The first-order valence-electron chi connectivity index (χ1n) is 34.8. The highest BCUT2D eigenvalue weighted by Crippen LogP contribution is 2.57. The molecular formula is C90H69F3N3O10P. The van der Waals surface area contributed by atoms with Gasteiger partial charge in [0.1, 0.15) is 17.5 Å². The van der Waals surface area contributed by atoms with Crippen LogP contribution in [-0.4, -0.2) is 36.3 Å². The molecule has 107 heavy (non-hydrogen) atoms. The maximum absolute atomic E-state index is 17.3. The maximum atomic E-state index is 17.3. The number of aromatic amines is 3. The molecule has 0 fully saturated rings. The quantitative estimate of drug-likeness (QED) is 0.0495. The van der Waals surface area contributed by atoms with Gasteiger partial charge in [-0.25, -0.2) is 13.2 Å². The van der Waals surface area contributed by atoms with Crippen LogP contribution in [0.2, 0.25) is 0 Å². The van der Waals surface area contributed by atoms with Crippen molar-refractivity contribution in [3.63, 3.8) is 0 Å². The summed E-state index contributed by atoms with van der Waals surface area (Å²) in [4.78, 5) is 56.1. The highest BCUT2D eigenvalue weighted by Gasteiger charge is 2.40. The highest BCUT2D eigenvalue weighted by atomic mass is 31.2. The Morgan fingerprint density at radius 3 is 0.766 bits per heavy atom. The minimum Gasteiger partial charge on any atom is -0.493 e. The Hall–Kier alpha value is -12.9. The Bertz CT molecular complexity index is 5500. The van der Waals surface area contributed by atoms with Gasteiger partial charge < -0.3 is 42.7 Å². The lowest BCUT2D eigenvalue weighted by atomic mass is 9.92. The fourth-order valence-electron chi connectivity index (χ4n) is 14.0. The molecule has 0 amide bonds. The molecule has 0 aliphatic carbocycles. The summed E-state index contributed by atoms with van der Waals surface area (Å²) in [6.45, 7) is 0. The van der Waals surface area contributed by atoms with Crippen molar-refractivity contribution in [3.05, 3.63) is 388 Å².